The highest BCUT2D eigenvalue weighted by molar-refractivity contribution is 5.90. The van der Waals surface area contributed by atoms with Crippen LogP contribution < -0.4 is 0 Å². The lowest BCUT2D eigenvalue weighted by Gasteiger charge is -1.94. The number of rotatable bonds is 3. The van der Waals surface area contributed by atoms with Gasteiger partial charge in [-0.2, -0.15) is 0 Å². The molecule has 0 spiro atoms. The molecular formula is C8H12O2. The summed E-state index contributed by atoms with van der Waals surface area (Å²) in [5.41, 5.74) is 0.393. The molecule has 0 bridgehead atoms. The first-order valence-electron chi connectivity index (χ1n) is 3.16. The number of esters is 1. The Morgan fingerprint density at radius 3 is 2.70 bits per heavy atom. The monoisotopic (exact) mass is 140 g/mol. The summed E-state index contributed by atoms with van der Waals surface area (Å²) in [6, 6.07) is 0. The van der Waals surface area contributed by atoms with Gasteiger partial charge in [0.05, 0.1) is 12.7 Å². The molecule has 10 heavy (non-hydrogen) atoms. The van der Waals surface area contributed by atoms with Gasteiger partial charge < -0.3 is 4.74 Å². The van der Waals surface area contributed by atoms with Crippen LogP contribution >= 0.6 is 0 Å². The van der Waals surface area contributed by atoms with E-state index < -0.39 is 0 Å². The van der Waals surface area contributed by atoms with Gasteiger partial charge in [-0.05, 0) is 6.42 Å². The Kier molecular flexibility index (Phi) is 4.29. The molecule has 0 fully saturated rings. The maximum Gasteiger partial charge on any atom is 0.337 e. The lowest BCUT2D eigenvalue weighted by atomic mass is 10.2. The first-order valence-corrected chi connectivity index (χ1v) is 3.16. The molecule has 0 aromatic carbocycles. The van der Waals surface area contributed by atoms with Crippen LogP contribution in [0.25, 0.3) is 0 Å². The number of allylic oxidation sites excluding steroid dienone is 1. The molecule has 0 saturated heterocycles. The summed E-state index contributed by atoms with van der Waals surface area (Å²) in [4.78, 5) is 10.6. The Labute approximate surface area is 61.2 Å². The Hall–Kier alpha value is -1.05. The van der Waals surface area contributed by atoms with E-state index in [1.807, 2.05) is 13.0 Å². The van der Waals surface area contributed by atoms with Crippen LogP contribution in [0.1, 0.15) is 13.3 Å². The number of hydrogen-bond donors (Lipinski definition) is 0. The summed E-state index contributed by atoms with van der Waals surface area (Å²) in [7, 11) is 1.34. The molecule has 0 N–H and O–H groups in total. The zero-order valence-corrected chi connectivity index (χ0v) is 6.39. The second kappa shape index (κ2) is 4.79. The molecule has 2 heteroatoms. The van der Waals surface area contributed by atoms with E-state index in [9.17, 15) is 4.79 Å². The van der Waals surface area contributed by atoms with Gasteiger partial charge in [0.1, 0.15) is 0 Å². The Morgan fingerprint density at radius 1 is 1.70 bits per heavy atom. The van der Waals surface area contributed by atoms with Crippen molar-refractivity contribution in [2.75, 3.05) is 7.11 Å². The van der Waals surface area contributed by atoms with E-state index in [2.05, 4.69) is 11.3 Å². The third-order valence-corrected chi connectivity index (χ3v) is 1.00. The molecule has 0 aliphatic rings. The fourth-order valence-corrected chi connectivity index (χ4v) is 0.459. The molecule has 0 heterocycles. The van der Waals surface area contributed by atoms with Crippen molar-refractivity contribution >= 4 is 5.97 Å². The normalized spacial score (nSPS) is 9.80. The SMILES string of the molecule is C=C(/C=C\CC)C(=O)OC. The van der Waals surface area contributed by atoms with E-state index >= 15 is 0 Å². The van der Waals surface area contributed by atoms with Gasteiger partial charge in [-0.1, -0.05) is 25.7 Å². The van der Waals surface area contributed by atoms with Crippen LogP contribution in [0.15, 0.2) is 24.3 Å². The predicted octanol–water partition coefficient (Wildman–Crippen LogP) is 1.68. The van der Waals surface area contributed by atoms with Crippen molar-refractivity contribution in [2.45, 2.75) is 13.3 Å². The molecule has 0 aromatic rings. The molecule has 2 nitrogen and oxygen atoms in total. The number of hydrogen-bond acceptors (Lipinski definition) is 2. The van der Waals surface area contributed by atoms with Gasteiger partial charge >= 0.3 is 5.97 Å². The lowest BCUT2D eigenvalue weighted by molar-refractivity contribution is -0.135. The lowest BCUT2D eigenvalue weighted by Crippen LogP contribution is -2.00. The quantitative estimate of drug-likeness (QED) is 0.338. The summed E-state index contributed by atoms with van der Waals surface area (Å²) in [5.74, 6) is -0.371. The minimum atomic E-state index is -0.371. The van der Waals surface area contributed by atoms with Gasteiger partial charge in [-0.15, -0.1) is 0 Å². The molecule has 0 amide bonds. The van der Waals surface area contributed by atoms with Gasteiger partial charge in [0.2, 0.25) is 0 Å². The summed E-state index contributed by atoms with van der Waals surface area (Å²) in [5, 5.41) is 0. The predicted molar refractivity (Wildman–Crippen MR) is 40.6 cm³/mol. The molecule has 0 unspecified atom stereocenters. The van der Waals surface area contributed by atoms with E-state index in [0.717, 1.165) is 6.42 Å². The van der Waals surface area contributed by atoms with Crippen molar-refractivity contribution in [3.05, 3.63) is 24.3 Å². The minimum absolute atomic E-state index is 0.371. The molecule has 56 valence electrons. The Morgan fingerprint density at radius 2 is 2.30 bits per heavy atom. The number of methoxy groups -OCH3 is 1. The largest absolute Gasteiger partial charge is 0.465 e. The van der Waals surface area contributed by atoms with Crippen molar-refractivity contribution in [3.63, 3.8) is 0 Å². The average Bonchev–Trinajstić information content (AvgIpc) is 1.98. The maximum absolute atomic E-state index is 10.6. The summed E-state index contributed by atoms with van der Waals surface area (Å²) >= 11 is 0. The van der Waals surface area contributed by atoms with Crippen molar-refractivity contribution in [3.8, 4) is 0 Å². The summed E-state index contributed by atoms with van der Waals surface area (Å²) in [6.45, 7) is 5.49. The summed E-state index contributed by atoms with van der Waals surface area (Å²) < 4.78 is 4.42. The molecule has 0 rings (SSSR count). The molecule has 0 radical (unpaired) electrons. The standard InChI is InChI=1S/C8H12O2/c1-4-5-6-7(2)8(9)10-3/h5-6H,2,4H2,1,3H3/b6-5-. The first-order chi connectivity index (χ1) is 4.72. The first kappa shape index (κ1) is 8.95. The van der Waals surface area contributed by atoms with Crippen LogP contribution in [0, 0.1) is 0 Å². The highest BCUT2D eigenvalue weighted by Crippen LogP contribution is 1.95. The molecule has 0 atom stereocenters. The average molecular weight is 140 g/mol. The van der Waals surface area contributed by atoms with Crippen LogP contribution in [0.4, 0.5) is 0 Å². The van der Waals surface area contributed by atoms with Crippen molar-refractivity contribution in [1.29, 1.82) is 0 Å². The fraction of sp³-hybridized carbons (Fsp3) is 0.375. The second-order valence-corrected chi connectivity index (χ2v) is 1.83. The molecule has 0 aromatic heterocycles. The fourth-order valence-electron chi connectivity index (χ4n) is 0.459. The highest BCUT2D eigenvalue weighted by Gasteiger charge is 1.99. The van der Waals surface area contributed by atoms with E-state index in [1.165, 1.54) is 7.11 Å². The Bertz CT molecular complexity index is 157. The van der Waals surface area contributed by atoms with Crippen LogP contribution in [-0.4, -0.2) is 13.1 Å². The van der Waals surface area contributed by atoms with Gasteiger partial charge in [0, 0.05) is 0 Å². The third-order valence-electron chi connectivity index (χ3n) is 1.00. The third kappa shape index (κ3) is 3.07. The van der Waals surface area contributed by atoms with E-state index in [4.69, 9.17) is 0 Å². The topological polar surface area (TPSA) is 26.3 Å². The summed E-state index contributed by atoms with van der Waals surface area (Å²) in [6.07, 6.45) is 4.42. The van der Waals surface area contributed by atoms with Crippen LogP contribution in [-0.2, 0) is 9.53 Å². The van der Waals surface area contributed by atoms with Gasteiger partial charge in [-0.3, -0.25) is 0 Å². The zero-order chi connectivity index (χ0) is 7.98. The molecule has 0 aliphatic heterocycles. The van der Waals surface area contributed by atoms with Gasteiger partial charge in [0.25, 0.3) is 0 Å². The second-order valence-electron chi connectivity index (χ2n) is 1.83. The number of ether oxygens (including phenoxy) is 1. The van der Waals surface area contributed by atoms with E-state index in [-0.39, 0.29) is 5.97 Å². The van der Waals surface area contributed by atoms with E-state index in [0.29, 0.717) is 5.57 Å². The molecular weight excluding hydrogens is 128 g/mol. The van der Waals surface area contributed by atoms with Crippen LogP contribution in [0.3, 0.4) is 0 Å². The Balaban J connectivity index is 3.85. The van der Waals surface area contributed by atoms with Crippen LogP contribution in [0.5, 0.6) is 0 Å². The van der Waals surface area contributed by atoms with E-state index in [1.54, 1.807) is 6.08 Å². The molecule has 0 saturated carbocycles. The maximum atomic E-state index is 10.6. The van der Waals surface area contributed by atoms with Crippen molar-refractivity contribution in [1.82, 2.24) is 0 Å². The highest BCUT2D eigenvalue weighted by atomic mass is 16.5. The van der Waals surface area contributed by atoms with Gasteiger partial charge in [-0.25, -0.2) is 4.79 Å². The smallest absolute Gasteiger partial charge is 0.337 e. The number of carbonyl (C=O) groups excluding carboxylic acids is 1. The van der Waals surface area contributed by atoms with Crippen LogP contribution in [0.2, 0.25) is 0 Å². The minimum Gasteiger partial charge on any atom is -0.465 e. The van der Waals surface area contributed by atoms with Crippen molar-refractivity contribution < 1.29 is 9.53 Å². The van der Waals surface area contributed by atoms with Gasteiger partial charge in [0.15, 0.2) is 0 Å². The number of carbonyl (C=O) groups is 1. The van der Waals surface area contributed by atoms with Crippen molar-refractivity contribution in [2.24, 2.45) is 0 Å². The zero-order valence-electron chi connectivity index (χ0n) is 6.39. The molecule has 0 aliphatic carbocycles.